The average Bonchev–Trinajstić information content (AvgIpc) is 2.44. The first-order valence-electron chi connectivity index (χ1n) is 6.76. The van der Waals surface area contributed by atoms with Gasteiger partial charge in [-0.15, -0.1) is 0 Å². The Morgan fingerprint density at radius 3 is 2.57 bits per heavy atom. The number of hydrogen-bond donors (Lipinski definition) is 2. The van der Waals surface area contributed by atoms with E-state index in [2.05, 4.69) is 5.32 Å². The fourth-order valence-corrected chi connectivity index (χ4v) is 1.83. The fourth-order valence-electron chi connectivity index (χ4n) is 1.83. The molecule has 0 heterocycles. The third kappa shape index (κ3) is 3.62. The van der Waals surface area contributed by atoms with Gasteiger partial charge in [-0.05, 0) is 31.0 Å². The number of rotatable bonds is 5. The van der Waals surface area contributed by atoms with Gasteiger partial charge in [0.05, 0.1) is 18.0 Å². The smallest absolute Gasteiger partial charge is 0.167 e. The number of halogens is 2. The summed E-state index contributed by atoms with van der Waals surface area (Å²) in [4.78, 5) is 0. The Balaban J connectivity index is 2.28. The van der Waals surface area contributed by atoms with Gasteiger partial charge >= 0.3 is 0 Å². The molecule has 3 N–H and O–H groups in total. The molecule has 0 aliphatic carbocycles. The summed E-state index contributed by atoms with van der Waals surface area (Å²) < 4.78 is 32.6. The Morgan fingerprint density at radius 2 is 1.90 bits per heavy atom. The first-order valence-corrected chi connectivity index (χ1v) is 6.76. The van der Waals surface area contributed by atoms with E-state index in [9.17, 15) is 8.78 Å². The summed E-state index contributed by atoms with van der Waals surface area (Å²) in [7, 11) is 0. The summed E-state index contributed by atoms with van der Waals surface area (Å²) in [6, 6.07) is 7.43. The SMILES string of the molecule is CCCOc1cc(Nc2ccc(C)c(F)c2)c(N)cc1F. The van der Waals surface area contributed by atoms with Crippen molar-refractivity contribution in [1.82, 2.24) is 0 Å². The van der Waals surface area contributed by atoms with Crippen molar-refractivity contribution >= 4 is 17.1 Å². The maximum absolute atomic E-state index is 13.7. The van der Waals surface area contributed by atoms with Crippen molar-refractivity contribution in [3.05, 3.63) is 47.5 Å². The van der Waals surface area contributed by atoms with Crippen LogP contribution in [-0.2, 0) is 0 Å². The van der Waals surface area contributed by atoms with E-state index in [1.165, 1.54) is 18.2 Å². The van der Waals surface area contributed by atoms with Crippen molar-refractivity contribution in [1.29, 1.82) is 0 Å². The van der Waals surface area contributed by atoms with E-state index < -0.39 is 5.82 Å². The molecule has 3 nitrogen and oxygen atoms in total. The molecule has 0 aromatic heterocycles. The van der Waals surface area contributed by atoms with Crippen LogP contribution in [0.3, 0.4) is 0 Å². The van der Waals surface area contributed by atoms with Crippen molar-refractivity contribution in [2.75, 3.05) is 17.7 Å². The quantitative estimate of drug-likeness (QED) is 0.804. The zero-order valence-electron chi connectivity index (χ0n) is 12.0. The van der Waals surface area contributed by atoms with Gasteiger partial charge in [0.1, 0.15) is 5.82 Å². The maximum atomic E-state index is 13.7. The van der Waals surface area contributed by atoms with Crippen molar-refractivity contribution in [3.63, 3.8) is 0 Å². The summed E-state index contributed by atoms with van der Waals surface area (Å²) in [6.07, 6.45) is 0.774. The second kappa shape index (κ2) is 6.43. The number of nitrogen functional groups attached to an aromatic ring is 1. The Labute approximate surface area is 122 Å². The van der Waals surface area contributed by atoms with Crippen LogP contribution in [0.5, 0.6) is 5.75 Å². The van der Waals surface area contributed by atoms with Crippen LogP contribution in [0.15, 0.2) is 30.3 Å². The van der Waals surface area contributed by atoms with E-state index in [1.807, 2.05) is 6.92 Å². The summed E-state index contributed by atoms with van der Waals surface area (Å²) in [5, 5.41) is 2.97. The van der Waals surface area contributed by atoms with Crippen LogP contribution in [0.2, 0.25) is 0 Å². The van der Waals surface area contributed by atoms with Crippen molar-refractivity contribution in [2.24, 2.45) is 0 Å². The van der Waals surface area contributed by atoms with Gasteiger partial charge in [-0.2, -0.15) is 0 Å². The normalized spacial score (nSPS) is 10.5. The lowest BCUT2D eigenvalue weighted by atomic mass is 10.2. The zero-order chi connectivity index (χ0) is 15.4. The van der Waals surface area contributed by atoms with Crippen LogP contribution >= 0.6 is 0 Å². The Morgan fingerprint density at radius 1 is 1.14 bits per heavy atom. The first kappa shape index (κ1) is 15.1. The molecule has 0 fully saturated rings. The first-order chi connectivity index (χ1) is 10.0. The van der Waals surface area contributed by atoms with Gasteiger partial charge in [0.15, 0.2) is 11.6 Å². The number of nitrogens with one attached hydrogen (secondary N) is 1. The van der Waals surface area contributed by atoms with E-state index in [0.717, 1.165) is 6.42 Å². The second-order valence-corrected chi connectivity index (χ2v) is 4.81. The molecule has 0 spiro atoms. The molecular formula is C16H18F2N2O. The molecule has 0 saturated heterocycles. The lowest BCUT2D eigenvalue weighted by molar-refractivity contribution is 0.301. The second-order valence-electron chi connectivity index (χ2n) is 4.81. The largest absolute Gasteiger partial charge is 0.490 e. The monoisotopic (exact) mass is 292 g/mol. The van der Waals surface area contributed by atoms with E-state index in [0.29, 0.717) is 23.5 Å². The van der Waals surface area contributed by atoms with Crippen LogP contribution < -0.4 is 15.8 Å². The molecule has 112 valence electrons. The predicted molar refractivity (Wildman–Crippen MR) is 81.0 cm³/mol. The van der Waals surface area contributed by atoms with Crippen molar-refractivity contribution < 1.29 is 13.5 Å². The zero-order valence-corrected chi connectivity index (χ0v) is 12.0. The molecule has 0 radical (unpaired) electrons. The average molecular weight is 292 g/mol. The van der Waals surface area contributed by atoms with Crippen LogP contribution in [0, 0.1) is 18.6 Å². The molecule has 21 heavy (non-hydrogen) atoms. The van der Waals surface area contributed by atoms with Crippen LogP contribution in [0.1, 0.15) is 18.9 Å². The highest BCUT2D eigenvalue weighted by molar-refractivity contribution is 5.74. The molecule has 0 unspecified atom stereocenters. The molecule has 0 saturated carbocycles. The van der Waals surface area contributed by atoms with E-state index in [4.69, 9.17) is 10.5 Å². The number of hydrogen-bond acceptors (Lipinski definition) is 3. The number of benzene rings is 2. The molecule has 0 bridgehead atoms. The molecule has 2 aromatic rings. The molecule has 0 aliphatic rings. The molecule has 0 aliphatic heterocycles. The van der Waals surface area contributed by atoms with Gasteiger partial charge < -0.3 is 15.8 Å². The van der Waals surface area contributed by atoms with Gasteiger partial charge in [-0.25, -0.2) is 8.78 Å². The third-order valence-corrected chi connectivity index (χ3v) is 3.02. The van der Waals surface area contributed by atoms with Gasteiger partial charge in [-0.1, -0.05) is 13.0 Å². The Kier molecular flexibility index (Phi) is 4.62. The minimum atomic E-state index is -0.512. The van der Waals surface area contributed by atoms with Crippen molar-refractivity contribution in [2.45, 2.75) is 20.3 Å². The van der Waals surface area contributed by atoms with Gasteiger partial charge in [-0.3, -0.25) is 0 Å². The molecular weight excluding hydrogens is 274 g/mol. The third-order valence-electron chi connectivity index (χ3n) is 3.02. The molecule has 2 rings (SSSR count). The summed E-state index contributed by atoms with van der Waals surface area (Å²) in [6.45, 7) is 4.03. The van der Waals surface area contributed by atoms with Crippen LogP contribution in [0.25, 0.3) is 0 Å². The minimum absolute atomic E-state index is 0.126. The maximum Gasteiger partial charge on any atom is 0.167 e. The summed E-state index contributed by atoms with van der Waals surface area (Å²) in [5.41, 5.74) is 7.59. The highest BCUT2D eigenvalue weighted by Gasteiger charge is 2.10. The van der Waals surface area contributed by atoms with Gasteiger partial charge in [0, 0.05) is 17.8 Å². The van der Waals surface area contributed by atoms with Crippen molar-refractivity contribution in [3.8, 4) is 5.75 Å². The fraction of sp³-hybridized carbons (Fsp3) is 0.250. The van der Waals surface area contributed by atoms with Gasteiger partial charge in [0.25, 0.3) is 0 Å². The van der Waals surface area contributed by atoms with Gasteiger partial charge in [0.2, 0.25) is 0 Å². The minimum Gasteiger partial charge on any atom is -0.490 e. The van der Waals surface area contributed by atoms with E-state index in [1.54, 1.807) is 19.1 Å². The molecule has 0 amide bonds. The standard InChI is InChI=1S/C16H18F2N2O/c1-3-6-21-16-9-15(14(19)8-13(16)18)20-11-5-4-10(2)12(17)7-11/h4-5,7-9,20H,3,6,19H2,1-2H3. The lowest BCUT2D eigenvalue weighted by Gasteiger charge is -2.13. The summed E-state index contributed by atoms with van der Waals surface area (Å²) >= 11 is 0. The Hall–Kier alpha value is -2.30. The number of anilines is 3. The lowest BCUT2D eigenvalue weighted by Crippen LogP contribution is -2.02. The number of ether oxygens (including phenoxy) is 1. The van der Waals surface area contributed by atoms with Crippen LogP contribution in [0.4, 0.5) is 25.8 Å². The topological polar surface area (TPSA) is 47.3 Å². The predicted octanol–water partition coefficient (Wildman–Crippen LogP) is 4.39. The van der Waals surface area contributed by atoms with E-state index >= 15 is 0 Å². The Bertz CT molecular complexity index is 644. The molecule has 2 aromatic carbocycles. The highest BCUT2D eigenvalue weighted by Crippen LogP contribution is 2.31. The van der Waals surface area contributed by atoms with Crippen LogP contribution in [-0.4, -0.2) is 6.61 Å². The highest BCUT2D eigenvalue weighted by atomic mass is 19.1. The number of aryl methyl sites for hydroxylation is 1. The number of nitrogens with two attached hydrogens (primary N) is 1. The molecule has 0 atom stereocenters. The summed E-state index contributed by atoms with van der Waals surface area (Å²) in [5.74, 6) is -0.703. The molecule has 5 heteroatoms. The van der Waals surface area contributed by atoms with E-state index in [-0.39, 0.29) is 17.3 Å².